The topological polar surface area (TPSA) is 114 Å². The average Bonchev–Trinajstić information content (AvgIpc) is 3.60. The van der Waals surface area contributed by atoms with Crippen molar-refractivity contribution < 1.29 is 17.7 Å². The average molecular weight is 592 g/mol. The fourth-order valence-corrected chi connectivity index (χ4v) is 6.36. The van der Waals surface area contributed by atoms with Crippen LogP contribution >= 0.6 is 0 Å². The number of nitrogens with zero attached hydrogens (tertiary/aromatic N) is 7. The van der Waals surface area contributed by atoms with E-state index in [2.05, 4.69) is 37.3 Å². The minimum absolute atomic E-state index is 0.0546. The molecule has 7 rings (SSSR count). The molecule has 1 aliphatic carbocycles. The van der Waals surface area contributed by atoms with E-state index in [0.29, 0.717) is 34.4 Å². The van der Waals surface area contributed by atoms with Crippen molar-refractivity contribution in [3.8, 4) is 11.3 Å². The van der Waals surface area contributed by atoms with Gasteiger partial charge < -0.3 is 20.5 Å². The van der Waals surface area contributed by atoms with Crippen molar-refractivity contribution >= 4 is 39.3 Å². The number of nitrogens with two attached hydrogens (primary N) is 1. The van der Waals surface area contributed by atoms with Gasteiger partial charge in [0.25, 0.3) is 0 Å². The van der Waals surface area contributed by atoms with Crippen LogP contribution in [-0.2, 0) is 6.18 Å². The maximum Gasteiger partial charge on any atom is 0.416 e. The van der Waals surface area contributed by atoms with Crippen molar-refractivity contribution in [2.75, 3.05) is 44.3 Å². The number of aromatic nitrogens is 5. The molecule has 224 valence electrons. The van der Waals surface area contributed by atoms with E-state index in [9.17, 15) is 13.2 Å². The number of piperazine rings is 1. The van der Waals surface area contributed by atoms with Gasteiger partial charge >= 0.3 is 6.18 Å². The lowest BCUT2D eigenvalue weighted by molar-refractivity contribution is -0.137. The zero-order valence-electron chi connectivity index (χ0n) is 23.7. The van der Waals surface area contributed by atoms with Crippen LogP contribution in [-0.4, -0.2) is 74.0 Å². The van der Waals surface area contributed by atoms with Crippen LogP contribution in [0.15, 0.2) is 53.3 Å². The maximum atomic E-state index is 13.1. The summed E-state index contributed by atoms with van der Waals surface area (Å²) in [5.74, 6) is 0.711. The number of likely N-dealkylation sites (N-methyl/N-ethyl adjacent to an activating group) is 1. The Morgan fingerprint density at radius 3 is 2.37 bits per heavy atom. The molecule has 2 aromatic carbocycles. The SMILES string of the molecule is CN1CCN(C2CCC(n3nc(-c4ccc(Nc5noc6cc(C(F)(F)F)ccc56)cc4)c4c(N)ncnc43)CC2)CC1. The summed E-state index contributed by atoms with van der Waals surface area (Å²) >= 11 is 0. The van der Waals surface area contributed by atoms with Gasteiger partial charge in [0.2, 0.25) is 0 Å². The highest BCUT2D eigenvalue weighted by Gasteiger charge is 2.32. The summed E-state index contributed by atoms with van der Waals surface area (Å²) < 4.78 is 46.4. The van der Waals surface area contributed by atoms with Crippen LogP contribution in [0.2, 0.25) is 0 Å². The van der Waals surface area contributed by atoms with E-state index in [4.69, 9.17) is 15.4 Å². The molecule has 3 N–H and O–H groups in total. The third kappa shape index (κ3) is 5.27. The minimum Gasteiger partial charge on any atom is -0.383 e. The molecule has 0 bridgehead atoms. The first-order valence-electron chi connectivity index (χ1n) is 14.5. The summed E-state index contributed by atoms with van der Waals surface area (Å²) in [7, 11) is 2.18. The Hall–Kier alpha value is -4.23. The summed E-state index contributed by atoms with van der Waals surface area (Å²) in [5.41, 5.74) is 8.62. The number of anilines is 3. The van der Waals surface area contributed by atoms with Crippen LogP contribution in [0.25, 0.3) is 33.3 Å². The first-order valence-corrected chi connectivity index (χ1v) is 14.5. The van der Waals surface area contributed by atoms with E-state index in [-0.39, 0.29) is 11.6 Å². The Bertz CT molecular complexity index is 1750. The molecule has 5 aromatic rings. The fourth-order valence-electron chi connectivity index (χ4n) is 6.36. The number of hydrogen-bond acceptors (Lipinski definition) is 9. The number of nitrogens with one attached hydrogen (secondary N) is 1. The Kier molecular flexibility index (Phi) is 6.93. The smallest absolute Gasteiger partial charge is 0.383 e. The van der Waals surface area contributed by atoms with Gasteiger partial charge in [-0.1, -0.05) is 17.3 Å². The van der Waals surface area contributed by atoms with Crippen LogP contribution in [0.3, 0.4) is 0 Å². The zero-order valence-corrected chi connectivity index (χ0v) is 23.7. The monoisotopic (exact) mass is 591 g/mol. The van der Waals surface area contributed by atoms with Gasteiger partial charge in [-0.25, -0.2) is 14.6 Å². The maximum absolute atomic E-state index is 13.1. The molecule has 0 unspecified atom stereocenters. The molecule has 0 amide bonds. The largest absolute Gasteiger partial charge is 0.416 e. The summed E-state index contributed by atoms with van der Waals surface area (Å²) in [4.78, 5) is 13.9. The van der Waals surface area contributed by atoms with Gasteiger partial charge in [-0.05, 0) is 63.1 Å². The third-order valence-corrected chi connectivity index (χ3v) is 8.80. The van der Waals surface area contributed by atoms with Crippen molar-refractivity contribution in [2.24, 2.45) is 0 Å². The molecule has 0 spiro atoms. The molecule has 1 saturated carbocycles. The van der Waals surface area contributed by atoms with E-state index < -0.39 is 11.7 Å². The van der Waals surface area contributed by atoms with Gasteiger partial charge in [0.05, 0.1) is 22.4 Å². The fraction of sp³-hybridized carbons (Fsp3) is 0.400. The molecular formula is C30H32F3N9O. The number of nitrogen functional groups attached to an aromatic ring is 1. The van der Waals surface area contributed by atoms with Crippen LogP contribution in [0, 0.1) is 0 Å². The van der Waals surface area contributed by atoms with E-state index in [1.165, 1.54) is 12.4 Å². The highest BCUT2D eigenvalue weighted by atomic mass is 19.4. The second kappa shape index (κ2) is 10.8. The standard InChI is InChI=1S/C30H32F3N9O/c1-40-12-14-41(15-13-40)21-7-9-22(10-8-21)42-29-25(27(34)35-17-36-29)26(38-42)18-2-5-20(6-3-18)37-28-23-11-4-19(30(31,32)33)16-24(23)43-39-28/h2-6,11,16-17,21-22H,7-10,12-15H2,1H3,(H,37,39)(H2,34,35,36). The van der Waals surface area contributed by atoms with Crippen molar-refractivity contribution in [1.82, 2.24) is 34.7 Å². The first kappa shape index (κ1) is 27.6. The lowest BCUT2D eigenvalue weighted by Crippen LogP contribution is -2.49. The van der Waals surface area contributed by atoms with Gasteiger partial charge in [-0.3, -0.25) is 4.90 Å². The second-order valence-corrected chi connectivity index (χ2v) is 11.5. The van der Waals surface area contributed by atoms with E-state index in [1.54, 1.807) is 0 Å². The molecule has 3 aromatic heterocycles. The number of rotatable bonds is 5. The van der Waals surface area contributed by atoms with Gasteiger partial charge in [-0.2, -0.15) is 18.3 Å². The van der Waals surface area contributed by atoms with Crippen LogP contribution in [0.5, 0.6) is 0 Å². The zero-order chi connectivity index (χ0) is 29.7. The highest BCUT2D eigenvalue weighted by molar-refractivity contribution is 5.98. The number of halogens is 3. The second-order valence-electron chi connectivity index (χ2n) is 11.5. The molecule has 13 heteroatoms. The van der Waals surface area contributed by atoms with Crippen molar-refractivity contribution in [3.63, 3.8) is 0 Å². The predicted molar refractivity (Wildman–Crippen MR) is 158 cm³/mol. The Morgan fingerprint density at radius 1 is 0.930 bits per heavy atom. The van der Waals surface area contributed by atoms with Crippen molar-refractivity contribution in [3.05, 3.63) is 54.4 Å². The Balaban J connectivity index is 1.11. The summed E-state index contributed by atoms with van der Waals surface area (Å²) in [6.07, 6.45) is 1.33. The van der Waals surface area contributed by atoms with Crippen LogP contribution < -0.4 is 11.1 Å². The van der Waals surface area contributed by atoms with E-state index in [0.717, 1.165) is 80.6 Å². The molecule has 0 radical (unpaired) electrons. The van der Waals surface area contributed by atoms with Crippen molar-refractivity contribution in [2.45, 2.75) is 43.9 Å². The molecule has 43 heavy (non-hydrogen) atoms. The normalized spacial score (nSPS) is 20.7. The van der Waals surface area contributed by atoms with Gasteiger partial charge in [0, 0.05) is 43.5 Å². The molecule has 0 atom stereocenters. The lowest BCUT2D eigenvalue weighted by atomic mass is 9.90. The minimum atomic E-state index is -4.46. The number of alkyl halides is 3. The number of benzene rings is 2. The van der Waals surface area contributed by atoms with Gasteiger partial charge in [0.15, 0.2) is 17.0 Å². The Morgan fingerprint density at radius 2 is 1.65 bits per heavy atom. The van der Waals surface area contributed by atoms with Gasteiger partial charge in [-0.15, -0.1) is 0 Å². The highest BCUT2D eigenvalue weighted by Crippen LogP contribution is 2.38. The van der Waals surface area contributed by atoms with Crippen LogP contribution in [0.1, 0.15) is 37.3 Å². The van der Waals surface area contributed by atoms with Crippen LogP contribution in [0.4, 0.5) is 30.5 Å². The molecule has 2 fully saturated rings. The molecular weight excluding hydrogens is 559 g/mol. The first-order chi connectivity index (χ1) is 20.7. The number of fused-ring (bicyclic) bond motifs is 2. The molecule has 2 aliphatic rings. The summed E-state index contributed by atoms with van der Waals surface area (Å²) in [5, 5.41) is 13.3. The Labute approximate surface area is 245 Å². The van der Waals surface area contributed by atoms with E-state index >= 15 is 0 Å². The number of hydrogen-bond donors (Lipinski definition) is 2. The summed E-state index contributed by atoms with van der Waals surface area (Å²) in [6.45, 7) is 4.49. The summed E-state index contributed by atoms with van der Waals surface area (Å²) in [6, 6.07) is 11.7. The van der Waals surface area contributed by atoms with E-state index in [1.807, 2.05) is 28.9 Å². The quantitative estimate of drug-likeness (QED) is 0.265. The molecule has 10 nitrogen and oxygen atoms in total. The molecule has 1 aliphatic heterocycles. The molecule has 4 heterocycles. The predicted octanol–water partition coefficient (Wildman–Crippen LogP) is 5.71. The van der Waals surface area contributed by atoms with Gasteiger partial charge in [0.1, 0.15) is 17.8 Å². The molecule has 1 saturated heterocycles. The third-order valence-electron chi connectivity index (χ3n) is 8.80. The van der Waals surface area contributed by atoms with Crippen molar-refractivity contribution in [1.29, 1.82) is 0 Å². The lowest BCUT2D eigenvalue weighted by Gasteiger charge is -2.41.